The average Bonchev–Trinajstić information content (AvgIpc) is 2.50. The Labute approximate surface area is 134 Å². The lowest BCUT2D eigenvalue weighted by Crippen LogP contribution is -2.37. The van der Waals surface area contributed by atoms with E-state index >= 15 is 0 Å². The fourth-order valence-corrected chi connectivity index (χ4v) is 3.42. The molecule has 0 bridgehead atoms. The molecule has 0 saturated carbocycles. The van der Waals surface area contributed by atoms with Crippen LogP contribution in [-0.2, 0) is 26.0 Å². The standard InChI is InChI=1S/C14H19N3O5S/c1-23(21,22)17-7-2-3-10-9-11(4-5-12(10)17)16-14(20)13(19)15-6-8-18/h4-5,9,18H,2-3,6-8H2,1H3,(H,15,19)(H,16,20). The Kier molecular flexibility index (Phi) is 5.22. The van der Waals surface area contributed by atoms with Gasteiger partial charge in [-0.2, -0.15) is 0 Å². The molecule has 0 aromatic heterocycles. The molecule has 0 fully saturated rings. The van der Waals surface area contributed by atoms with E-state index in [1.165, 1.54) is 4.31 Å². The molecule has 1 aliphatic rings. The van der Waals surface area contributed by atoms with Gasteiger partial charge in [0.1, 0.15) is 0 Å². The fourth-order valence-electron chi connectivity index (χ4n) is 2.42. The molecule has 0 saturated heterocycles. The summed E-state index contributed by atoms with van der Waals surface area (Å²) in [5.74, 6) is -1.68. The Morgan fingerprint density at radius 1 is 1.30 bits per heavy atom. The summed E-state index contributed by atoms with van der Waals surface area (Å²) in [7, 11) is -3.34. The molecule has 3 N–H and O–H groups in total. The van der Waals surface area contributed by atoms with Crippen molar-refractivity contribution in [1.29, 1.82) is 0 Å². The van der Waals surface area contributed by atoms with Gasteiger partial charge in [-0.25, -0.2) is 8.42 Å². The molecule has 2 rings (SSSR count). The number of nitrogens with zero attached hydrogens (tertiary/aromatic N) is 1. The summed E-state index contributed by atoms with van der Waals surface area (Å²) in [6, 6.07) is 4.85. The van der Waals surface area contributed by atoms with Gasteiger partial charge in [-0.05, 0) is 36.6 Å². The summed E-state index contributed by atoms with van der Waals surface area (Å²) in [4.78, 5) is 23.2. The molecule has 0 spiro atoms. The molecule has 1 heterocycles. The second-order valence-corrected chi connectivity index (χ2v) is 7.12. The van der Waals surface area contributed by atoms with Crippen molar-refractivity contribution in [3.05, 3.63) is 23.8 Å². The average molecular weight is 341 g/mol. The number of aliphatic hydroxyl groups excluding tert-OH is 1. The van der Waals surface area contributed by atoms with Gasteiger partial charge in [-0.15, -0.1) is 0 Å². The number of anilines is 2. The minimum Gasteiger partial charge on any atom is -0.395 e. The maximum atomic E-state index is 11.8. The zero-order valence-corrected chi connectivity index (χ0v) is 13.5. The number of rotatable bonds is 4. The lowest BCUT2D eigenvalue weighted by Gasteiger charge is -2.29. The number of nitrogens with one attached hydrogen (secondary N) is 2. The largest absolute Gasteiger partial charge is 0.395 e. The molecule has 0 radical (unpaired) electrons. The van der Waals surface area contributed by atoms with Crippen molar-refractivity contribution in [2.24, 2.45) is 0 Å². The van der Waals surface area contributed by atoms with Gasteiger partial charge in [0.15, 0.2) is 0 Å². The summed E-state index contributed by atoms with van der Waals surface area (Å²) in [6.45, 7) is 0.181. The lowest BCUT2D eigenvalue weighted by molar-refractivity contribution is -0.136. The summed E-state index contributed by atoms with van der Waals surface area (Å²) in [6.07, 6.45) is 2.54. The van der Waals surface area contributed by atoms with E-state index in [0.29, 0.717) is 30.8 Å². The monoisotopic (exact) mass is 341 g/mol. The van der Waals surface area contributed by atoms with E-state index in [4.69, 9.17) is 5.11 Å². The Morgan fingerprint density at radius 3 is 2.70 bits per heavy atom. The van der Waals surface area contributed by atoms with Gasteiger partial charge in [0.2, 0.25) is 10.0 Å². The van der Waals surface area contributed by atoms with Crippen LogP contribution in [0.3, 0.4) is 0 Å². The van der Waals surface area contributed by atoms with Crippen LogP contribution in [-0.4, -0.2) is 51.3 Å². The van der Waals surface area contributed by atoms with Crippen molar-refractivity contribution >= 4 is 33.2 Å². The van der Waals surface area contributed by atoms with Gasteiger partial charge >= 0.3 is 11.8 Å². The Morgan fingerprint density at radius 2 is 2.04 bits per heavy atom. The predicted molar refractivity (Wildman–Crippen MR) is 85.7 cm³/mol. The first-order chi connectivity index (χ1) is 10.8. The summed E-state index contributed by atoms with van der Waals surface area (Å²) in [5, 5.41) is 13.3. The van der Waals surface area contributed by atoms with Gasteiger partial charge in [0, 0.05) is 18.8 Å². The van der Waals surface area contributed by atoms with Crippen LogP contribution in [0.2, 0.25) is 0 Å². The number of aliphatic hydroxyl groups is 1. The third kappa shape index (κ3) is 4.20. The molecule has 0 aliphatic carbocycles. The number of amides is 2. The number of benzene rings is 1. The highest BCUT2D eigenvalue weighted by Crippen LogP contribution is 2.31. The van der Waals surface area contributed by atoms with Crippen LogP contribution in [0.25, 0.3) is 0 Å². The van der Waals surface area contributed by atoms with E-state index < -0.39 is 21.8 Å². The lowest BCUT2D eigenvalue weighted by atomic mass is 10.0. The minimum absolute atomic E-state index is 0.000237. The van der Waals surface area contributed by atoms with Crippen LogP contribution in [0, 0.1) is 0 Å². The third-order valence-corrected chi connectivity index (χ3v) is 4.60. The molecule has 9 heteroatoms. The highest BCUT2D eigenvalue weighted by Gasteiger charge is 2.24. The number of fused-ring (bicyclic) bond motifs is 1. The SMILES string of the molecule is CS(=O)(=O)N1CCCc2cc(NC(=O)C(=O)NCCO)ccc21. The number of sulfonamides is 1. The van der Waals surface area contributed by atoms with Crippen molar-refractivity contribution in [3.63, 3.8) is 0 Å². The number of hydrogen-bond donors (Lipinski definition) is 3. The highest BCUT2D eigenvalue weighted by atomic mass is 32.2. The topological polar surface area (TPSA) is 116 Å². The van der Waals surface area contributed by atoms with E-state index in [1.54, 1.807) is 18.2 Å². The summed E-state index contributed by atoms with van der Waals surface area (Å²) < 4.78 is 24.9. The molecular formula is C14H19N3O5S. The zero-order valence-electron chi connectivity index (χ0n) is 12.7. The minimum atomic E-state index is -3.34. The van der Waals surface area contributed by atoms with Gasteiger partial charge in [-0.3, -0.25) is 13.9 Å². The Balaban J connectivity index is 2.15. The molecule has 8 nitrogen and oxygen atoms in total. The second kappa shape index (κ2) is 6.97. The quantitative estimate of drug-likeness (QED) is 0.635. The van der Waals surface area contributed by atoms with Gasteiger partial charge in [0.25, 0.3) is 0 Å². The molecule has 0 unspecified atom stereocenters. The normalized spacial score (nSPS) is 14.1. The van der Waals surface area contributed by atoms with Crippen LogP contribution in [0.15, 0.2) is 18.2 Å². The molecular weight excluding hydrogens is 322 g/mol. The number of carbonyl (C=O) groups is 2. The number of aryl methyl sites for hydroxylation is 1. The van der Waals surface area contributed by atoms with Crippen molar-refractivity contribution in [3.8, 4) is 0 Å². The van der Waals surface area contributed by atoms with Crippen molar-refractivity contribution < 1.29 is 23.1 Å². The smallest absolute Gasteiger partial charge is 0.313 e. The number of carbonyl (C=O) groups excluding carboxylic acids is 2. The van der Waals surface area contributed by atoms with Gasteiger partial charge < -0.3 is 15.7 Å². The second-order valence-electron chi connectivity index (χ2n) is 5.22. The van der Waals surface area contributed by atoms with E-state index in [9.17, 15) is 18.0 Å². The zero-order chi connectivity index (χ0) is 17.0. The van der Waals surface area contributed by atoms with Crippen LogP contribution >= 0.6 is 0 Å². The van der Waals surface area contributed by atoms with Crippen LogP contribution in [0.5, 0.6) is 0 Å². The van der Waals surface area contributed by atoms with Crippen molar-refractivity contribution in [2.45, 2.75) is 12.8 Å². The van der Waals surface area contributed by atoms with E-state index in [0.717, 1.165) is 11.8 Å². The van der Waals surface area contributed by atoms with Crippen molar-refractivity contribution in [2.75, 3.05) is 35.6 Å². The number of hydrogen-bond acceptors (Lipinski definition) is 5. The van der Waals surface area contributed by atoms with Gasteiger partial charge in [-0.1, -0.05) is 0 Å². The fraction of sp³-hybridized carbons (Fsp3) is 0.429. The molecule has 23 heavy (non-hydrogen) atoms. The van der Waals surface area contributed by atoms with Crippen LogP contribution < -0.4 is 14.9 Å². The van der Waals surface area contributed by atoms with Crippen LogP contribution in [0.1, 0.15) is 12.0 Å². The van der Waals surface area contributed by atoms with E-state index in [2.05, 4.69) is 10.6 Å². The summed E-state index contributed by atoms with van der Waals surface area (Å²) in [5.41, 5.74) is 1.82. The maximum Gasteiger partial charge on any atom is 0.313 e. The molecule has 0 atom stereocenters. The molecule has 1 aromatic rings. The molecule has 126 valence electrons. The highest BCUT2D eigenvalue weighted by molar-refractivity contribution is 7.92. The molecule has 2 amide bonds. The molecule has 1 aromatic carbocycles. The first kappa shape index (κ1) is 17.2. The first-order valence-electron chi connectivity index (χ1n) is 7.13. The van der Waals surface area contributed by atoms with Crippen LogP contribution in [0.4, 0.5) is 11.4 Å². The Bertz CT molecular complexity index is 717. The maximum absolute atomic E-state index is 11.8. The van der Waals surface area contributed by atoms with E-state index in [1.807, 2.05) is 0 Å². The van der Waals surface area contributed by atoms with Gasteiger partial charge in [0.05, 0.1) is 18.6 Å². The summed E-state index contributed by atoms with van der Waals surface area (Å²) >= 11 is 0. The Hall–Kier alpha value is -2.13. The predicted octanol–water partition coefficient (Wildman–Crippen LogP) is -0.554. The molecule has 1 aliphatic heterocycles. The van der Waals surface area contributed by atoms with E-state index in [-0.39, 0.29) is 13.2 Å². The first-order valence-corrected chi connectivity index (χ1v) is 8.98. The van der Waals surface area contributed by atoms with Crippen molar-refractivity contribution in [1.82, 2.24) is 5.32 Å². The third-order valence-electron chi connectivity index (χ3n) is 3.42.